The fourth-order valence-corrected chi connectivity index (χ4v) is 5.10. The van der Waals surface area contributed by atoms with Crippen molar-refractivity contribution in [2.45, 2.75) is 78.1 Å². The second-order valence-corrected chi connectivity index (χ2v) is 12.2. The lowest BCUT2D eigenvalue weighted by Crippen LogP contribution is -2.53. The molecule has 0 spiro atoms. The minimum absolute atomic E-state index is 0.000528. The Hall–Kier alpha value is -3.20. The molecule has 0 aromatic heterocycles. The summed E-state index contributed by atoms with van der Waals surface area (Å²) in [5.41, 5.74) is 2.26. The number of nitrogens with zero attached hydrogens (tertiary/aromatic N) is 1. The van der Waals surface area contributed by atoms with E-state index in [1.807, 2.05) is 45.2 Å². The molecule has 3 amide bonds. The molecule has 2 aromatic carbocycles. The summed E-state index contributed by atoms with van der Waals surface area (Å²) < 4.78 is 5.45. The molecular weight excluding hydrogens is 514 g/mol. The van der Waals surface area contributed by atoms with Crippen molar-refractivity contribution < 1.29 is 24.2 Å². The standard InChI is InChI=1S/C30H41N3O5S/c1-18-10-8-11-19(2)25(18)32-27(35)26(21-12-9-13-22(34)17-21)33(24-16-20(24)3)28(36)23(14-15-39-7)31-29(37)38-30(4,5)6/h8-13,17,20,23-24,26,34H,14-16H2,1-7H3,(H,31,37)(H,32,35). The number of carbonyl (C=O) groups is 3. The van der Waals surface area contributed by atoms with Gasteiger partial charge in [-0.25, -0.2) is 4.79 Å². The molecule has 1 aliphatic rings. The zero-order valence-electron chi connectivity index (χ0n) is 23.9. The summed E-state index contributed by atoms with van der Waals surface area (Å²) in [5.74, 6) is 0.0792. The van der Waals surface area contributed by atoms with Gasteiger partial charge in [0, 0.05) is 11.7 Å². The van der Waals surface area contributed by atoms with Crippen molar-refractivity contribution in [3.05, 3.63) is 59.2 Å². The van der Waals surface area contributed by atoms with E-state index in [1.165, 1.54) is 12.1 Å². The summed E-state index contributed by atoms with van der Waals surface area (Å²) in [6.45, 7) is 11.2. The maximum atomic E-state index is 14.3. The first-order valence-corrected chi connectivity index (χ1v) is 14.7. The Morgan fingerprint density at radius 3 is 2.28 bits per heavy atom. The lowest BCUT2D eigenvalue weighted by Gasteiger charge is -2.35. The number of phenols is 1. The van der Waals surface area contributed by atoms with Crippen LogP contribution in [0.5, 0.6) is 5.75 Å². The fraction of sp³-hybridized carbons (Fsp3) is 0.500. The number of aryl methyl sites for hydroxylation is 2. The SMILES string of the molecule is CSCCC(NC(=O)OC(C)(C)C)C(=O)N(C(C(=O)Nc1c(C)cccc1C)c1cccc(O)c1)C1CC1C. The van der Waals surface area contributed by atoms with E-state index in [-0.39, 0.29) is 29.5 Å². The number of ether oxygens (including phenoxy) is 1. The Kier molecular flexibility index (Phi) is 9.93. The first-order valence-electron chi connectivity index (χ1n) is 13.3. The van der Waals surface area contributed by atoms with Gasteiger partial charge in [-0.3, -0.25) is 9.59 Å². The number of hydrogen-bond donors (Lipinski definition) is 3. The van der Waals surface area contributed by atoms with Crippen LogP contribution >= 0.6 is 11.8 Å². The molecule has 0 radical (unpaired) electrons. The third-order valence-electron chi connectivity index (χ3n) is 6.72. The van der Waals surface area contributed by atoms with Crippen LogP contribution in [0.3, 0.4) is 0 Å². The molecule has 3 rings (SSSR count). The van der Waals surface area contributed by atoms with Crippen LogP contribution in [0.1, 0.15) is 63.3 Å². The van der Waals surface area contributed by atoms with Gasteiger partial charge >= 0.3 is 6.09 Å². The van der Waals surface area contributed by atoms with Gasteiger partial charge in [-0.2, -0.15) is 11.8 Å². The van der Waals surface area contributed by atoms with Crippen molar-refractivity contribution >= 4 is 35.4 Å². The smallest absolute Gasteiger partial charge is 0.408 e. The lowest BCUT2D eigenvalue weighted by molar-refractivity contribution is -0.141. The number of thioether (sulfide) groups is 1. The van der Waals surface area contributed by atoms with Crippen LogP contribution in [-0.4, -0.2) is 57.6 Å². The largest absolute Gasteiger partial charge is 0.508 e. The Bertz CT molecular complexity index is 1180. The number of rotatable bonds is 10. The number of anilines is 1. The second-order valence-electron chi connectivity index (χ2n) is 11.3. The van der Waals surface area contributed by atoms with Gasteiger partial charge in [0.15, 0.2) is 0 Å². The maximum Gasteiger partial charge on any atom is 0.408 e. The van der Waals surface area contributed by atoms with E-state index in [0.717, 1.165) is 17.5 Å². The average molecular weight is 556 g/mol. The van der Waals surface area contributed by atoms with Crippen molar-refractivity contribution in [1.82, 2.24) is 10.2 Å². The normalized spacial score (nSPS) is 18.0. The summed E-state index contributed by atoms with van der Waals surface area (Å²) >= 11 is 1.57. The third kappa shape index (κ3) is 8.14. The summed E-state index contributed by atoms with van der Waals surface area (Å²) in [7, 11) is 0. The van der Waals surface area contributed by atoms with E-state index in [9.17, 15) is 19.5 Å². The van der Waals surface area contributed by atoms with Gasteiger partial charge in [0.25, 0.3) is 5.91 Å². The summed E-state index contributed by atoms with van der Waals surface area (Å²) in [6, 6.07) is 10.1. The van der Waals surface area contributed by atoms with E-state index in [2.05, 4.69) is 10.6 Å². The number of benzene rings is 2. The number of alkyl carbamates (subject to hydrolysis) is 1. The van der Waals surface area contributed by atoms with Gasteiger partial charge < -0.3 is 25.4 Å². The van der Waals surface area contributed by atoms with Gasteiger partial charge in [0.2, 0.25) is 5.91 Å². The molecule has 0 aliphatic heterocycles. The van der Waals surface area contributed by atoms with E-state index >= 15 is 0 Å². The Morgan fingerprint density at radius 2 is 1.74 bits per heavy atom. The molecule has 2 aromatic rings. The van der Waals surface area contributed by atoms with Crippen LogP contribution < -0.4 is 10.6 Å². The summed E-state index contributed by atoms with van der Waals surface area (Å²) in [6.07, 6.45) is 2.37. The number of phenolic OH excluding ortho intramolecular Hbond substituents is 1. The van der Waals surface area contributed by atoms with Crippen LogP contribution in [0.15, 0.2) is 42.5 Å². The van der Waals surface area contributed by atoms with Crippen LogP contribution in [0.25, 0.3) is 0 Å². The quantitative estimate of drug-likeness (QED) is 0.354. The predicted octanol–water partition coefficient (Wildman–Crippen LogP) is 5.57. The molecule has 8 nitrogen and oxygen atoms in total. The zero-order valence-corrected chi connectivity index (χ0v) is 24.7. The minimum atomic E-state index is -1.02. The highest BCUT2D eigenvalue weighted by Gasteiger charge is 2.48. The van der Waals surface area contributed by atoms with Crippen molar-refractivity contribution in [2.75, 3.05) is 17.3 Å². The van der Waals surface area contributed by atoms with Gasteiger partial charge in [-0.1, -0.05) is 37.3 Å². The summed E-state index contributed by atoms with van der Waals surface area (Å²) in [5, 5.41) is 16.1. The van der Waals surface area contributed by atoms with E-state index < -0.39 is 23.8 Å². The fourth-order valence-electron chi connectivity index (χ4n) is 4.63. The van der Waals surface area contributed by atoms with Crippen molar-refractivity contribution in [1.29, 1.82) is 0 Å². The molecule has 9 heteroatoms. The molecule has 0 saturated heterocycles. The van der Waals surface area contributed by atoms with Crippen molar-refractivity contribution in [3.8, 4) is 5.75 Å². The Balaban J connectivity index is 2.04. The van der Waals surface area contributed by atoms with Gasteiger partial charge in [0.05, 0.1) is 0 Å². The molecule has 39 heavy (non-hydrogen) atoms. The molecule has 0 heterocycles. The minimum Gasteiger partial charge on any atom is -0.508 e. The van der Waals surface area contributed by atoms with E-state index in [1.54, 1.807) is 49.6 Å². The number of hydrogen-bond acceptors (Lipinski definition) is 6. The molecule has 3 N–H and O–H groups in total. The molecule has 4 atom stereocenters. The zero-order chi connectivity index (χ0) is 28.9. The Morgan fingerprint density at radius 1 is 1.13 bits per heavy atom. The molecule has 1 aliphatic carbocycles. The highest BCUT2D eigenvalue weighted by atomic mass is 32.2. The highest BCUT2D eigenvalue weighted by molar-refractivity contribution is 7.98. The summed E-state index contributed by atoms with van der Waals surface area (Å²) in [4.78, 5) is 42.7. The first kappa shape index (κ1) is 30.3. The van der Waals surface area contributed by atoms with Crippen LogP contribution in [0.4, 0.5) is 10.5 Å². The predicted molar refractivity (Wildman–Crippen MR) is 156 cm³/mol. The Labute approximate surface area is 235 Å². The number of para-hydroxylation sites is 1. The van der Waals surface area contributed by atoms with Crippen LogP contribution in [0.2, 0.25) is 0 Å². The molecule has 0 bridgehead atoms. The number of amides is 3. The highest BCUT2D eigenvalue weighted by Crippen LogP contribution is 2.41. The van der Waals surface area contributed by atoms with Gasteiger partial charge in [0.1, 0.15) is 23.4 Å². The molecule has 212 valence electrons. The van der Waals surface area contributed by atoms with Crippen LogP contribution in [-0.2, 0) is 14.3 Å². The molecular formula is C30H41N3O5S. The topological polar surface area (TPSA) is 108 Å². The van der Waals surface area contributed by atoms with Crippen molar-refractivity contribution in [3.63, 3.8) is 0 Å². The monoisotopic (exact) mass is 555 g/mol. The first-order chi connectivity index (χ1) is 18.3. The second kappa shape index (κ2) is 12.8. The molecule has 1 saturated carbocycles. The maximum absolute atomic E-state index is 14.3. The average Bonchev–Trinajstić information content (AvgIpc) is 3.56. The molecule has 1 fully saturated rings. The van der Waals surface area contributed by atoms with Crippen molar-refractivity contribution in [2.24, 2.45) is 5.92 Å². The van der Waals surface area contributed by atoms with E-state index in [0.29, 0.717) is 23.4 Å². The number of carbonyl (C=O) groups excluding carboxylic acids is 3. The third-order valence-corrected chi connectivity index (χ3v) is 7.36. The number of nitrogens with one attached hydrogen (secondary N) is 2. The molecule has 4 unspecified atom stereocenters. The lowest BCUT2D eigenvalue weighted by atomic mass is 10.0. The van der Waals surface area contributed by atoms with E-state index in [4.69, 9.17) is 4.74 Å². The van der Waals surface area contributed by atoms with Gasteiger partial charge in [-0.05, 0) is 94.2 Å². The van der Waals surface area contributed by atoms with Crippen LogP contribution in [0, 0.1) is 19.8 Å². The number of aromatic hydroxyl groups is 1. The van der Waals surface area contributed by atoms with Gasteiger partial charge in [-0.15, -0.1) is 0 Å².